The van der Waals surface area contributed by atoms with Gasteiger partial charge >= 0.3 is 5.97 Å². The normalized spacial score (nSPS) is 12.0. The van der Waals surface area contributed by atoms with E-state index in [-0.39, 0.29) is 0 Å². The van der Waals surface area contributed by atoms with Gasteiger partial charge in [0.25, 0.3) is 0 Å². The van der Waals surface area contributed by atoms with Gasteiger partial charge < -0.3 is 9.84 Å². The lowest BCUT2D eigenvalue weighted by Crippen LogP contribution is -2.29. The summed E-state index contributed by atoms with van der Waals surface area (Å²) in [6.45, 7) is 5.93. The molecule has 0 spiro atoms. The van der Waals surface area contributed by atoms with Crippen LogP contribution in [0, 0.1) is 20.8 Å². The van der Waals surface area contributed by atoms with Crippen molar-refractivity contribution < 1.29 is 14.6 Å². The maximum atomic E-state index is 11.5. The SMILES string of the molecule is Cc1cc(C)c(C)c(O[C@@H](Cc2ccccc2)C(=O)O)c1. The Balaban J connectivity index is 2.23. The van der Waals surface area contributed by atoms with Crippen LogP contribution in [0.15, 0.2) is 42.5 Å². The van der Waals surface area contributed by atoms with Crippen molar-refractivity contribution in [2.75, 3.05) is 0 Å². The second kappa shape index (κ2) is 6.44. The zero-order valence-corrected chi connectivity index (χ0v) is 12.6. The number of ether oxygens (including phenoxy) is 1. The number of carboxylic acid groups (broad SMARTS) is 1. The molecule has 2 rings (SSSR count). The highest BCUT2D eigenvalue weighted by Gasteiger charge is 2.21. The van der Waals surface area contributed by atoms with Gasteiger partial charge in [-0.15, -0.1) is 0 Å². The smallest absolute Gasteiger partial charge is 0.345 e. The van der Waals surface area contributed by atoms with E-state index in [2.05, 4.69) is 6.07 Å². The van der Waals surface area contributed by atoms with E-state index in [1.165, 1.54) is 0 Å². The van der Waals surface area contributed by atoms with Crippen molar-refractivity contribution in [1.82, 2.24) is 0 Å². The molecule has 0 aromatic heterocycles. The average molecular weight is 284 g/mol. The van der Waals surface area contributed by atoms with Crippen LogP contribution >= 0.6 is 0 Å². The van der Waals surface area contributed by atoms with Crippen molar-refractivity contribution >= 4 is 5.97 Å². The van der Waals surface area contributed by atoms with Crippen molar-refractivity contribution in [3.05, 3.63) is 64.7 Å². The molecule has 1 N–H and O–H groups in total. The first-order valence-electron chi connectivity index (χ1n) is 6.98. The number of carboxylic acids is 1. The van der Waals surface area contributed by atoms with Gasteiger partial charge in [0.05, 0.1) is 0 Å². The first-order valence-corrected chi connectivity index (χ1v) is 6.98. The third-order valence-electron chi connectivity index (χ3n) is 3.57. The molecule has 0 amide bonds. The monoisotopic (exact) mass is 284 g/mol. The van der Waals surface area contributed by atoms with Gasteiger partial charge in [0.1, 0.15) is 5.75 Å². The Morgan fingerprint density at radius 3 is 2.43 bits per heavy atom. The molecule has 3 nitrogen and oxygen atoms in total. The topological polar surface area (TPSA) is 46.5 Å². The average Bonchev–Trinajstić information content (AvgIpc) is 2.44. The molecule has 0 aliphatic heterocycles. The van der Waals surface area contributed by atoms with Gasteiger partial charge in [0, 0.05) is 6.42 Å². The summed E-state index contributed by atoms with van der Waals surface area (Å²) in [6, 6.07) is 13.5. The molecule has 0 fully saturated rings. The Kier molecular flexibility index (Phi) is 4.63. The maximum Gasteiger partial charge on any atom is 0.345 e. The Labute approximate surface area is 125 Å². The van der Waals surface area contributed by atoms with Crippen LogP contribution in [0.25, 0.3) is 0 Å². The second-order valence-electron chi connectivity index (χ2n) is 5.34. The highest BCUT2D eigenvalue weighted by Crippen LogP contribution is 2.25. The highest BCUT2D eigenvalue weighted by atomic mass is 16.5. The molecular formula is C18H20O3. The van der Waals surface area contributed by atoms with E-state index >= 15 is 0 Å². The van der Waals surface area contributed by atoms with Crippen LogP contribution < -0.4 is 4.74 Å². The first-order chi connectivity index (χ1) is 9.97. The summed E-state index contributed by atoms with van der Waals surface area (Å²) in [4.78, 5) is 11.5. The zero-order valence-electron chi connectivity index (χ0n) is 12.6. The standard InChI is InChI=1S/C18H20O3/c1-12-9-13(2)14(3)16(10-12)21-17(18(19)20)11-15-7-5-4-6-8-15/h4-10,17H,11H2,1-3H3,(H,19,20)/t17-/m0/s1. The van der Waals surface area contributed by atoms with E-state index in [9.17, 15) is 9.90 Å². The fourth-order valence-electron chi connectivity index (χ4n) is 2.28. The fourth-order valence-corrected chi connectivity index (χ4v) is 2.28. The van der Waals surface area contributed by atoms with Gasteiger partial charge in [-0.25, -0.2) is 4.79 Å². The van der Waals surface area contributed by atoms with Crippen LogP contribution in [0.2, 0.25) is 0 Å². The van der Waals surface area contributed by atoms with Gasteiger partial charge in [-0.1, -0.05) is 36.4 Å². The number of aryl methyl sites for hydroxylation is 2. The third kappa shape index (κ3) is 3.85. The lowest BCUT2D eigenvalue weighted by molar-refractivity contribution is -0.145. The molecule has 0 saturated carbocycles. The van der Waals surface area contributed by atoms with Gasteiger partial charge in [-0.2, -0.15) is 0 Å². The van der Waals surface area contributed by atoms with Crippen LogP contribution in [0.4, 0.5) is 0 Å². The zero-order chi connectivity index (χ0) is 15.4. The Morgan fingerprint density at radius 2 is 1.81 bits per heavy atom. The van der Waals surface area contributed by atoms with Crippen molar-refractivity contribution in [2.45, 2.75) is 33.3 Å². The van der Waals surface area contributed by atoms with E-state index < -0.39 is 12.1 Å². The van der Waals surface area contributed by atoms with Crippen LogP contribution in [0.3, 0.4) is 0 Å². The summed E-state index contributed by atoms with van der Waals surface area (Å²) >= 11 is 0. The number of rotatable bonds is 5. The van der Waals surface area contributed by atoms with E-state index in [0.29, 0.717) is 12.2 Å². The number of carbonyl (C=O) groups is 1. The van der Waals surface area contributed by atoms with Gasteiger partial charge in [-0.05, 0) is 49.1 Å². The van der Waals surface area contributed by atoms with E-state index in [0.717, 1.165) is 22.3 Å². The lowest BCUT2D eigenvalue weighted by Gasteiger charge is -2.18. The summed E-state index contributed by atoms with van der Waals surface area (Å²) in [7, 11) is 0. The highest BCUT2D eigenvalue weighted by molar-refractivity contribution is 5.73. The van der Waals surface area contributed by atoms with Crippen LogP contribution in [-0.2, 0) is 11.2 Å². The largest absolute Gasteiger partial charge is 0.478 e. The van der Waals surface area contributed by atoms with Crippen molar-refractivity contribution in [2.24, 2.45) is 0 Å². The minimum Gasteiger partial charge on any atom is -0.478 e. The molecule has 0 radical (unpaired) electrons. The molecule has 0 saturated heterocycles. The Morgan fingerprint density at radius 1 is 1.14 bits per heavy atom. The predicted octanol–water partition coefficient (Wildman–Crippen LogP) is 3.69. The lowest BCUT2D eigenvalue weighted by atomic mass is 10.0. The molecule has 2 aromatic carbocycles. The quantitative estimate of drug-likeness (QED) is 0.911. The molecule has 3 heteroatoms. The van der Waals surface area contributed by atoms with E-state index in [1.54, 1.807) is 0 Å². The minimum absolute atomic E-state index is 0.350. The fraction of sp³-hybridized carbons (Fsp3) is 0.278. The molecule has 0 unspecified atom stereocenters. The van der Waals surface area contributed by atoms with Crippen LogP contribution in [0.1, 0.15) is 22.3 Å². The summed E-state index contributed by atoms with van der Waals surface area (Å²) in [6.07, 6.45) is -0.532. The molecule has 0 aliphatic rings. The van der Waals surface area contributed by atoms with Gasteiger partial charge in [-0.3, -0.25) is 0 Å². The molecule has 110 valence electrons. The Hall–Kier alpha value is -2.29. The van der Waals surface area contributed by atoms with E-state index in [1.807, 2.05) is 57.2 Å². The Bertz CT molecular complexity index is 632. The molecule has 2 aromatic rings. The van der Waals surface area contributed by atoms with Gasteiger partial charge in [0.15, 0.2) is 6.10 Å². The first kappa shape index (κ1) is 15.1. The number of aliphatic carboxylic acids is 1. The maximum absolute atomic E-state index is 11.5. The molecule has 21 heavy (non-hydrogen) atoms. The molecule has 0 aliphatic carbocycles. The number of hydrogen-bond acceptors (Lipinski definition) is 2. The van der Waals surface area contributed by atoms with Crippen LogP contribution in [0.5, 0.6) is 5.75 Å². The molecule has 0 bridgehead atoms. The van der Waals surface area contributed by atoms with Crippen molar-refractivity contribution in [3.8, 4) is 5.75 Å². The molecule has 0 heterocycles. The summed E-state index contributed by atoms with van der Waals surface area (Å²) in [5, 5.41) is 9.40. The van der Waals surface area contributed by atoms with Gasteiger partial charge in [0.2, 0.25) is 0 Å². The third-order valence-corrected chi connectivity index (χ3v) is 3.57. The van der Waals surface area contributed by atoms with Crippen molar-refractivity contribution in [3.63, 3.8) is 0 Å². The van der Waals surface area contributed by atoms with E-state index in [4.69, 9.17) is 4.74 Å². The molecule has 1 atom stereocenters. The summed E-state index contributed by atoms with van der Waals surface area (Å²) in [5.74, 6) is -0.298. The second-order valence-corrected chi connectivity index (χ2v) is 5.34. The summed E-state index contributed by atoms with van der Waals surface area (Å²) in [5.41, 5.74) is 4.11. The number of hydrogen-bond donors (Lipinski definition) is 1. The predicted molar refractivity (Wildman–Crippen MR) is 82.9 cm³/mol. The molecular weight excluding hydrogens is 264 g/mol. The minimum atomic E-state index is -0.947. The van der Waals surface area contributed by atoms with Crippen LogP contribution in [-0.4, -0.2) is 17.2 Å². The summed E-state index contributed by atoms with van der Waals surface area (Å²) < 4.78 is 5.77. The number of benzene rings is 2. The van der Waals surface area contributed by atoms with Crippen molar-refractivity contribution in [1.29, 1.82) is 0 Å².